The molecule has 0 saturated carbocycles. The summed E-state index contributed by atoms with van der Waals surface area (Å²) in [5, 5.41) is 2.96. The molecule has 0 aliphatic heterocycles. The van der Waals surface area contributed by atoms with Crippen LogP contribution in [0.1, 0.15) is 58.3 Å². The van der Waals surface area contributed by atoms with Gasteiger partial charge >= 0.3 is 12.1 Å². The van der Waals surface area contributed by atoms with E-state index in [1.807, 2.05) is 0 Å². The fourth-order valence-corrected chi connectivity index (χ4v) is 1.81. The van der Waals surface area contributed by atoms with Crippen LogP contribution in [-0.4, -0.2) is 31.8 Å². The van der Waals surface area contributed by atoms with E-state index in [-0.39, 0.29) is 13.2 Å². The molecule has 0 aliphatic rings. The average molecular weight is 297 g/mol. The minimum Gasteiger partial charge on any atom is -0.458 e. The van der Waals surface area contributed by atoms with Crippen molar-refractivity contribution in [2.24, 2.45) is 0 Å². The highest BCUT2D eigenvalue weighted by atomic mass is 19.4. The molecular weight excluding hydrogens is 271 g/mol. The SMILES string of the molecule is CCCCCCCCCCNCCOC(=O)C(F)(F)F. The quantitative estimate of drug-likeness (QED) is 0.439. The van der Waals surface area contributed by atoms with E-state index in [2.05, 4.69) is 17.0 Å². The van der Waals surface area contributed by atoms with E-state index < -0.39 is 12.1 Å². The predicted molar refractivity (Wildman–Crippen MR) is 72.5 cm³/mol. The third-order valence-corrected chi connectivity index (χ3v) is 2.95. The zero-order valence-corrected chi connectivity index (χ0v) is 12.2. The van der Waals surface area contributed by atoms with Crippen LogP contribution < -0.4 is 5.32 Å². The first-order valence-electron chi connectivity index (χ1n) is 7.43. The van der Waals surface area contributed by atoms with Crippen molar-refractivity contribution >= 4 is 5.97 Å². The van der Waals surface area contributed by atoms with Gasteiger partial charge in [-0.25, -0.2) is 4.79 Å². The standard InChI is InChI=1S/C14H26F3NO2/c1-2-3-4-5-6-7-8-9-10-18-11-12-20-13(19)14(15,16)17/h18H,2-12H2,1H3. The molecule has 0 aromatic carbocycles. The molecule has 0 fully saturated rings. The van der Waals surface area contributed by atoms with Crippen LogP contribution in [0.5, 0.6) is 0 Å². The van der Waals surface area contributed by atoms with E-state index >= 15 is 0 Å². The average Bonchev–Trinajstić information content (AvgIpc) is 2.38. The molecule has 0 saturated heterocycles. The number of carbonyl (C=O) groups is 1. The van der Waals surface area contributed by atoms with Crippen LogP contribution >= 0.6 is 0 Å². The second-order valence-electron chi connectivity index (χ2n) is 4.86. The van der Waals surface area contributed by atoms with Crippen molar-refractivity contribution in [1.29, 1.82) is 0 Å². The van der Waals surface area contributed by atoms with Crippen LogP contribution in [0.4, 0.5) is 13.2 Å². The van der Waals surface area contributed by atoms with E-state index in [1.54, 1.807) is 0 Å². The molecule has 1 N–H and O–H groups in total. The Morgan fingerprint density at radius 2 is 1.50 bits per heavy atom. The van der Waals surface area contributed by atoms with E-state index in [0.717, 1.165) is 19.4 Å². The third-order valence-electron chi connectivity index (χ3n) is 2.95. The summed E-state index contributed by atoms with van der Waals surface area (Å²) in [6.07, 6.45) is 4.84. The second-order valence-corrected chi connectivity index (χ2v) is 4.86. The molecular formula is C14H26F3NO2. The van der Waals surface area contributed by atoms with E-state index in [1.165, 1.54) is 38.5 Å². The van der Waals surface area contributed by atoms with E-state index in [0.29, 0.717) is 0 Å². The Kier molecular flexibility index (Phi) is 11.5. The number of carbonyl (C=O) groups excluding carboxylic acids is 1. The van der Waals surface area contributed by atoms with Crippen LogP contribution in [0.15, 0.2) is 0 Å². The normalized spacial score (nSPS) is 11.6. The molecule has 0 atom stereocenters. The monoisotopic (exact) mass is 297 g/mol. The first kappa shape index (κ1) is 19.2. The highest BCUT2D eigenvalue weighted by Crippen LogP contribution is 2.16. The highest BCUT2D eigenvalue weighted by Gasteiger charge is 2.40. The predicted octanol–water partition coefficient (Wildman–Crippen LogP) is 3.82. The largest absolute Gasteiger partial charge is 0.490 e. The molecule has 0 spiro atoms. The lowest BCUT2D eigenvalue weighted by Gasteiger charge is -2.08. The summed E-state index contributed by atoms with van der Waals surface area (Å²) in [6, 6.07) is 0. The Morgan fingerprint density at radius 3 is 2.05 bits per heavy atom. The van der Waals surface area contributed by atoms with Crippen LogP contribution in [-0.2, 0) is 9.53 Å². The van der Waals surface area contributed by atoms with Gasteiger partial charge in [0.2, 0.25) is 0 Å². The zero-order valence-electron chi connectivity index (χ0n) is 12.2. The topological polar surface area (TPSA) is 38.3 Å². The van der Waals surface area contributed by atoms with Crippen LogP contribution in [0.3, 0.4) is 0 Å². The first-order chi connectivity index (χ1) is 9.48. The van der Waals surface area contributed by atoms with Gasteiger partial charge in [0, 0.05) is 6.54 Å². The lowest BCUT2D eigenvalue weighted by molar-refractivity contribution is -0.199. The van der Waals surface area contributed by atoms with E-state index in [9.17, 15) is 18.0 Å². The molecule has 0 aliphatic carbocycles. The first-order valence-corrected chi connectivity index (χ1v) is 7.43. The lowest BCUT2D eigenvalue weighted by atomic mass is 10.1. The summed E-state index contributed by atoms with van der Waals surface area (Å²) in [4.78, 5) is 10.4. The molecule has 6 heteroatoms. The van der Waals surface area contributed by atoms with Gasteiger partial charge in [-0.1, -0.05) is 51.9 Å². The second kappa shape index (κ2) is 12.0. The van der Waals surface area contributed by atoms with Gasteiger partial charge in [-0.05, 0) is 13.0 Å². The van der Waals surface area contributed by atoms with Gasteiger partial charge in [0.25, 0.3) is 0 Å². The number of ether oxygens (including phenoxy) is 1. The van der Waals surface area contributed by atoms with Crippen LogP contribution in [0.2, 0.25) is 0 Å². The van der Waals surface area contributed by atoms with Crippen molar-refractivity contribution in [3.8, 4) is 0 Å². The molecule has 0 unspecified atom stereocenters. The summed E-state index contributed by atoms with van der Waals surface area (Å²) < 4.78 is 39.4. The molecule has 3 nitrogen and oxygen atoms in total. The highest BCUT2D eigenvalue weighted by molar-refractivity contribution is 5.75. The summed E-state index contributed by atoms with van der Waals surface area (Å²) >= 11 is 0. The maximum Gasteiger partial charge on any atom is 0.490 e. The van der Waals surface area contributed by atoms with Gasteiger partial charge in [0.05, 0.1) is 0 Å². The molecule has 0 aromatic rings. The van der Waals surface area contributed by atoms with Gasteiger partial charge in [-0.2, -0.15) is 13.2 Å². The number of hydrogen-bond acceptors (Lipinski definition) is 3. The molecule has 0 heterocycles. The Bertz CT molecular complexity index is 245. The van der Waals surface area contributed by atoms with Gasteiger partial charge in [0.15, 0.2) is 0 Å². The van der Waals surface area contributed by atoms with Gasteiger partial charge in [-0.3, -0.25) is 0 Å². The molecule has 0 rings (SSSR count). The Morgan fingerprint density at radius 1 is 0.950 bits per heavy atom. The fraction of sp³-hybridized carbons (Fsp3) is 0.929. The molecule has 0 radical (unpaired) electrons. The molecule has 0 bridgehead atoms. The van der Waals surface area contributed by atoms with Crippen molar-refractivity contribution in [2.75, 3.05) is 19.7 Å². The fourth-order valence-electron chi connectivity index (χ4n) is 1.81. The number of esters is 1. The zero-order chi connectivity index (χ0) is 15.3. The minimum atomic E-state index is -4.89. The summed E-state index contributed by atoms with van der Waals surface area (Å²) in [6.45, 7) is 2.96. The van der Waals surface area contributed by atoms with Crippen molar-refractivity contribution in [3.63, 3.8) is 0 Å². The smallest absolute Gasteiger partial charge is 0.458 e. The van der Waals surface area contributed by atoms with Gasteiger partial charge < -0.3 is 10.1 Å². The molecule has 20 heavy (non-hydrogen) atoms. The van der Waals surface area contributed by atoms with Crippen molar-refractivity contribution < 1.29 is 22.7 Å². The summed E-state index contributed by atoms with van der Waals surface area (Å²) in [5.41, 5.74) is 0. The lowest BCUT2D eigenvalue weighted by Crippen LogP contribution is -2.29. The molecule has 120 valence electrons. The molecule has 0 aromatic heterocycles. The number of halogens is 3. The number of nitrogens with one attached hydrogen (secondary N) is 1. The van der Waals surface area contributed by atoms with Crippen LogP contribution in [0.25, 0.3) is 0 Å². The third kappa shape index (κ3) is 12.3. The minimum absolute atomic E-state index is 0.241. The van der Waals surface area contributed by atoms with Crippen LogP contribution in [0, 0.1) is 0 Å². The van der Waals surface area contributed by atoms with Gasteiger partial charge in [-0.15, -0.1) is 0 Å². The maximum absolute atomic E-state index is 11.8. The summed E-state index contributed by atoms with van der Waals surface area (Å²) in [5.74, 6) is -2.12. The maximum atomic E-state index is 11.8. The Labute approximate surface area is 119 Å². The Balaban J connectivity index is 3.16. The van der Waals surface area contributed by atoms with Crippen molar-refractivity contribution in [3.05, 3.63) is 0 Å². The number of hydrogen-bond donors (Lipinski definition) is 1. The van der Waals surface area contributed by atoms with E-state index in [4.69, 9.17) is 0 Å². The van der Waals surface area contributed by atoms with Gasteiger partial charge in [0.1, 0.15) is 6.61 Å². The number of alkyl halides is 3. The molecule has 0 amide bonds. The van der Waals surface area contributed by atoms with Crippen molar-refractivity contribution in [2.45, 2.75) is 64.5 Å². The Hall–Kier alpha value is -0.780. The summed E-state index contributed by atoms with van der Waals surface area (Å²) in [7, 11) is 0. The van der Waals surface area contributed by atoms with Crippen molar-refractivity contribution in [1.82, 2.24) is 5.32 Å². The number of unbranched alkanes of at least 4 members (excludes halogenated alkanes) is 7. The number of rotatable bonds is 12.